The van der Waals surface area contributed by atoms with Gasteiger partial charge in [-0.2, -0.15) is 0 Å². The van der Waals surface area contributed by atoms with Crippen LogP contribution in [0.15, 0.2) is 72.5 Å². The Morgan fingerprint density at radius 1 is 1.13 bits per heavy atom. The average molecular weight is 421 g/mol. The summed E-state index contributed by atoms with van der Waals surface area (Å²) in [4.78, 5) is 28.1. The van der Waals surface area contributed by atoms with E-state index in [4.69, 9.17) is 4.74 Å². The molecular formula is C24H27N3O4. The number of rotatable bonds is 11. The number of allylic oxidation sites excluding steroid dienone is 2. The van der Waals surface area contributed by atoms with Crippen molar-refractivity contribution >= 4 is 17.7 Å². The lowest BCUT2D eigenvalue weighted by Crippen LogP contribution is -2.42. The second kappa shape index (κ2) is 11.5. The smallest absolute Gasteiger partial charge is 0.326 e. The van der Waals surface area contributed by atoms with E-state index < -0.39 is 12.0 Å². The molecule has 1 aliphatic carbocycles. The van der Waals surface area contributed by atoms with Gasteiger partial charge in [0.05, 0.1) is 6.61 Å². The molecule has 0 bridgehead atoms. The van der Waals surface area contributed by atoms with Crippen LogP contribution in [0, 0.1) is 0 Å². The van der Waals surface area contributed by atoms with Gasteiger partial charge in [-0.15, -0.1) is 0 Å². The van der Waals surface area contributed by atoms with Crippen molar-refractivity contribution < 1.29 is 19.4 Å². The van der Waals surface area contributed by atoms with Gasteiger partial charge >= 0.3 is 5.97 Å². The predicted molar refractivity (Wildman–Crippen MR) is 119 cm³/mol. The van der Waals surface area contributed by atoms with Gasteiger partial charge in [-0.05, 0) is 49.1 Å². The monoisotopic (exact) mass is 421 g/mol. The highest BCUT2D eigenvalue weighted by atomic mass is 16.5. The van der Waals surface area contributed by atoms with Crippen LogP contribution in [-0.4, -0.2) is 41.2 Å². The van der Waals surface area contributed by atoms with Crippen molar-refractivity contribution in [3.8, 4) is 5.75 Å². The summed E-state index contributed by atoms with van der Waals surface area (Å²) in [6.07, 6.45) is 9.92. The summed E-state index contributed by atoms with van der Waals surface area (Å²) >= 11 is 0. The van der Waals surface area contributed by atoms with Crippen LogP contribution in [0.1, 0.15) is 24.8 Å². The van der Waals surface area contributed by atoms with Gasteiger partial charge in [0.15, 0.2) is 0 Å². The highest BCUT2D eigenvalue weighted by molar-refractivity contribution is 5.98. The summed E-state index contributed by atoms with van der Waals surface area (Å²) in [5.41, 5.74) is 1.32. The molecule has 3 rings (SSSR count). The molecule has 0 saturated heterocycles. The number of carbonyl (C=O) groups excluding carboxylic acids is 1. The van der Waals surface area contributed by atoms with E-state index in [0.717, 1.165) is 42.9 Å². The summed E-state index contributed by atoms with van der Waals surface area (Å²) in [6, 6.07) is 12.0. The summed E-state index contributed by atoms with van der Waals surface area (Å²) < 4.78 is 5.73. The number of nitrogens with one attached hydrogen (secondary N) is 2. The quantitative estimate of drug-likeness (QED) is 0.481. The summed E-state index contributed by atoms with van der Waals surface area (Å²) in [5, 5.41) is 15.3. The maximum atomic E-state index is 12.3. The third-order valence-electron chi connectivity index (χ3n) is 4.78. The molecule has 7 nitrogen and oxygen atoms in total. The number of pyridine rings is 1. The Hall–Kier alpha value is -3.61. The number of carboxylic acid groups (broad SMARTS) is 1. The normalized spacial score (nSPS) is 13.7. The topological polar surface area (TPSA) is 101 Å². The number of ether oxygens (including phenoxy) is 1. The van der Waals surface area contributed by atoms with Crippen LogP contribution in [0.2, 0.25) is 0 Å². The number of hydrogen-bond donors (Lipinski definition) is 3. The molecule has 0 fully saturated rings. The molecule has 0 unspecified atom stereocenters. The summed E-state index contributed by atoms with van der Waals surface area (Å²) in [7, 11) is 0. The highest BCUT2D eigenvalue weighted by Crippen LogP contribution is 2.15. The second-order valence-electron chi connectivity index (χ2n) is 7.20. The van der Waals surface area contributed by atoms with Crippen molar-refractivity contribution in [3.63, 3.8) is 0 Å². The lowest BCUT2D eigenvalue weighted by molar-refractivity contribution is -0.141. The van der Waals surface area contributed by atoms with E-state index in [1.807, 2.05) is 54.6 Å². The third-order valence-corrected chi connectivity index (χ3v) is 4.78. The molecule has 0 radical (unpaired) electrons. The Kier molecular flexibility index (Phi) is 8.22. The molecular weight excluding hydrogens is 394 g/mol. The van der Waals surface area contributed by atoms with Crippen LogP contribution in [0.5, 0.6) is 5.75 Å². The van der Waals surface area contributed by atoms with Gasteiger partial charge < -0.3 is 20.5 Å². The maximum Gasteiger partial charge on any atom is 0.326 e. The molecule has 1 amide bonds. The van der Waals surface area contributed by atoms with E-state index in [9.17, 15) is 14.7 Å². The molecule has 0 saturated carbocycles. The van der Waals surface area contributed by atoms with E-state index in [0.29, 0.717) is 12.2 Å². The van der Waals surface area contributed by atoms with Gasteiger partial charge in [0, 0.05) is 24.7 Å². The Bertz CT molecular complexity index is 924. The number of nitrogens with zero attached hydrogens (tertiary/aromatic N) is 1. The number of anilines is 1. The predicted octanol–water partition coefficient (Wildman–Crippen LogP) is 3.35. The molecule has 1 atom stereocenters. The minimum atomic E-state index is -1.06. The van der Waals surface area contributed by atoms with E-state index in [1.165, 1.54) is 0 Å². The van der Waals surface area contributed by atoms with E-state index in [1.54, 1.807) is 12.3 Å². The van der Waals surface area contributed by atoms with Gasteiger partial charge in [-0.25, -0.2) is 9.78 Å². The van der Waals surface area contributed by atoms with Crippen molar-refractivity contribution in [1.29, 1.82) is 0 Å². The molecule has 1 aliphatic rings. The maximum absolute atomic E-state index is 12.3. The molecule has 31 heavy (non-hydrogen) atoms. The lowest BCUT2D eigenvalue weighted by Gasteiger charge is -2.16. The number of carbonyl (C=O) groups is 2. The lowest BCUT2D eigenvalue weighted by atomic mass is 10.0. The second-order valence-corrected chi connectivity index (χ2v) is 7.20. The van der Waals surface area contributed by atoms with Crippen molar-refractivity contribution in [2.45, 2.75) is 31.7 Å². The zero-order valence-corrected chi connectivity index (χ0v) is 17.3. The zero-order chi connectivity index (χ0) is 21.9. The van der Waals surface area contributed by atoms with Gasteiger partial charge in [-0.3, -0.25) is 4.79 Å². The van der Waals surface area contributed by atoms with E-state index >= 15 is 0 Å². The zero-order valence-electron chi connectivity index (χ0n) is 17.3. The fourth-order valence-corrected chi connectivity index (χ4v) is 3.13. The first kappa shape index (κ1) is 22.1. The average Bonchev–Trinajstić information content (AvgIpc) is 2.80. The standard InChI is InChI=1S/C24H27N3O4/c28-23(19-7-2-1-3-8-19)27-21(24(29)30)17-18-10-12-20(13-11-18)31-16-6-15-26-22-9-4-5-14-25-22/h2,4-5,7-14,21H,1,3,6,15-17H2,(H,25,26)(H,27,28)(H,29,30)/t21-/m0/s1. The molecule has 3 N–H and O–H groups in total. The van der Waals surface area contributed by atoms with E-state index in [-0.39, 0.29) is 12.3 Å². The first-order chi connectivity index (χ1) is 15.1. The molecule has 7 heteroatoms. The molecule has 1 aromatic carbocycles. The van der Waals surface area contributed by atoms with Gasteiger partial charge in [0.25, 0.3) is 5.91 Å². The number of carboxylic acids is 1. The molecule has 1 heterocycles. The number of amides is 1. The van der Waals surface area contributed by atoms with Crippen molar-refractivity contribution in [3.05, 3.63) is 78.0 Å². The third kappa shape index (κ3) is 7.29. The van der Waals surface area contributed by atoms with Crippen LogP contribution in [-0.2, 0) is 16.0 Å². The Morgan fingerprint density at radius 2 is 1.97 bits per heavy atom. The molecule has 1 aromatic heterocycles. The van der Waals surface area contributed by atoms with Gasteiger partial charge in [0.1, 0.15) is 17.6 Å². The van der Waals surface area contributed by atoms with Crippen LogP contribution >= 0.6 is 0 Å². The van der Waals surface area contributed by atoms with Gasteiger partial charge in [-0.1, -0.05) is 36.4 Å². The first-order valence-corrected chi connectivity index (χ1v) is 10.4. The molecule has 162 valence electrons. The number of hydrogen-bond acceptors (Lipinski definition) is 5. The van der Waals surface area contributed by atoms with Crippen LogP contribution in [0.3, 0.4) is 0 Å². The van der Waals surface area contributed by atoms with Crippen LogP contribution < -0.4 is 15.4 Å². The first-order valence-electron chi connectivity index (χ1n) is 10.4. The fourth-order valence-electron chi connectivity index (χ4n) is 3.13. The summed E-state index contributed by atoms with van der Waals surface area (Å²) in [5.74, 6) is 0.134. The molecule has 0 aliphatic heterocycles. The number of benzene rings is 1. The fraction of sp³-hybridized carbons (Fsp3) is 0.292. The summed E-state index contributed by atoms with van der Waals surface area (Å²) in [6.45, 7) is 1.30. The largest absolute Gasteiger partial charge is 0.494 e. The van der Waals surface area contributed by atoms with Crippen LogP contribution in [0.25, 0.3) is 0 Å². The molecule has 0 spiro atoms. The minimum absolute atomic E-state index is 0.201. The van der Waals surface area contributed by atoms with E-state index in [2.05, 4.69) is 15.6 Å². The van der Waals surface area contributed by atoms with Gasteiger partial charge in [0.2, 0.25) is 0 Å². The SMILES string of the molecule is O=C(N[C@@H](Cc1ccc(OCCCNc2ccccn2)cc1)C(=O)O)C1=CCCC=C1. The number of aromatic nitrogens is 1. The Morgan fingerprint density at radius 3 is 2.65 bits per heavy atom. The van der Waals surface area contributed by atoms with Crippen molar-refractivity contribution in [2.24, 2.45) is 0 Å². The highest BCUT2D eigenvalue weighted by Gasteiger charge is 2.21. The number of aliphatic carboxylic acids is 1. The minimum Gasteiger partial charge on any atom is -0.494 e. The Balaban J connectivity index is 1.43. The Labute approximate surface area is 181 Å². The van der Waals surface area contributed by atoms with Crippen LogP contribution in [0.4, 0.5) is 5.82 Å². The molecule has 2 aromatic rings. The van der Waals surface area contributed by atoms with Crippen molar-refractivity contribution in [1.82, 2.24) is 10.3 Å². The van der Waals surface area contributed by atoms with Crippen molar-refractivity contribution in [2.75, 3.05) is 18.5 Å².